The Labute approximate surface area is 210 Å². The predicted molar refractivity (Wildman–Crippen MR) is 100 cm³/mol. The number of carbonyl (C=O) groups is 2. The minimum atomic E-state index is -1.08. The Kier molecular flexibility index (Phi) is 6.06. The molecule has 28 heavy (non-hydrogen) atoms. The van der Waals surface area contributed by atoms with E-state index < -0.39 is 11.6 Å². The Morgan fingerprint density at radius 3 is 2.61 bits per heavy atom. The molecule has 0 saturated heterocycles. The molecule has 0 bridgehead atoms. The molecule has 0 radical (unpaired) electrons. The summed E-state index contributed by atoms with van der Waals surface area (Å²) >= 11 is 0. The van der Waals surface area contributed by atoms with Crippen LogP contribution in [0.3, 0.4) is 0 Å². The summed E-state index contributed by atoms with van der Waals surface area (Å²) in [5, 5.41) is 22.5. The van der Waals surface area contributed by atoms with Gasteiger partial charge in [0.25, 0.3) is 0 Å². The summed E-state index contributed by atoms with van der Waals surface area (Å²) < 4.78 is 0. The quantitative estimate of drug-likeness (QED) is 0.662. The molecule has 0 aromatic carbocycles. The third-order valence-electron chi connectivity index (χ3n) is 9.38. The molecule has 2 fully saturated rings. The Bertz CT molecular complexity index is 758. The van der Waals surface area contributed by atoms with Crippen LogP contribution in [0, 0.1) is 28.1 Å². The molecule has 4 aliphatic rings. The molecule has 4 nitrogen and oxygen atoms in total. The van der Waals surface area contributed by atoms with Crippen molar-refractivity contribution in [2.24, 2.45) is 28.1 Å². The van der Waals surface area contributed by atoms with Crippen molar-refractivity contribution in [3.05, 3.63) is 23.8 Å². The maximum Gasteiger partial charge on any atom is 1.00 e. The Balaban J connectivity index is 0.00000225. The molecule has 148 valence electrons. The van der Waals surface area contributed by atoms with E-state index in [-0.39, 0.29) is 86.3 Å². The van der Waals surface area contributed by atoms with Crippen LogP contribution < -0.4 is 56.5 Å². The van der Waals surface area contributed by atoms with Crippen molar-refractivity contribution in [2.45, 2.75) is 77.7 Å². The first-order chi connectivity index (χ1) is 12.6. The molecule has 6 atom stereocenters. The molecule has 0 amide bonds. The summed E-state index contributed by atoms with van der Waals surface area (Å²) in [7, 11) is 0. The van der Waals surface area contributed by atoms with Crippen LogP contribution in [-0.4, -0.2) is 22.5 Å². The zero-order valence-corrected chi connectivity index (χ0v) is 20.8. The number of allylic oxidation sites excluding steroid dienone is 4. The number of aliphatic hydroxyl groups is 1. The van der Waals surface area contributed by atoms with Gasteiger partial charge in [-0.2, -0.15) is 0 Å². The molecule has 0 heterocycles. The summed E-state index contributed by atoms with van der Waals surface area (Å²) in [5.41, 5.74) is -0.104. The first-order valence-electron chi connectivity index (χ1n) is 10.4. The molecule has 0 unspecified atom stereocenters. The third kappa shape index (κ3) is 3.03. The number of hydrogen-bond acceptors (Lipinski definition) is 4. The number of fused-ring (bicyclic) bond motifs is 5. The SMILES string of the molecule is C[C@]12CC[C@H]3[C@@H](C=CC4=CC(=O)CC[C@@]43C)[C@]1(C)CC[C@@]2(O)CCC(=O)[O-].[K+]. The molecule has 0 aliphatic heterocycles. The van der Waals surface area contributed by atoms with E-state index in [4.69, 9.17) is 0 Å². The van der Waals surface area contributed by atoms with Gasteiger partial charge in [-0.3, -0.25) is 4.79 Å². The van der Waals surface area contributed by atoms with Crippen LogP contribution in [0.4, 0.5) is 0 Å². The van der Waals surface area contributed by atoms with Gasteiger partial charge in [0.2, 0.25) is 0 Å². The van der Waals surface area contributed by atoms with Crippen molar-refractivity contribution in [2.75, 3.05) is 0 Å². The van der Waals surface area contributed by atoms with E-state index in [2.05, 4.69) is 32.9 Å². The number of carboxylic acid groups (broad SMARTS) is 1. The third-order valence-corrected chi connectivity index (χ3v) is 9.38. The normalized spacial score (nSPS) is 46.7. The van der Waals surface area contributed by atoms with Crippen molar-refractivity contribution in [1.29, 1.82) is 0 Å². The second kappa shape index (κ2) is 7.42. The van der Waals surface area contributed by atoms with Gasteiger partial charge in [0.15, 0.2) is 5.78 Å². The van der Waals surface area contributed by atoms with E-state index in [1.54, 1.807) is 0 Å². The molecule has 0 aromatic heterocycles. The van der Waals surface area contributed by atoms with Crippen LogP contribution in [0.25, 0.3) is 0 Å². The summed E-state index contributed by atoms with van der Waals surface area (Å²) in [4.78, 5) is 23.0. The van der Waals surface area contributed by atoms with Crippen molar-refractivity contribution in [3.8, 4) is 0 Å². The molecule has 5 heteroatoms. The number of ketones is 1. The summed E-state index contributed by atoms with van der Waals surface area (Å²) in [5.74, 6) is -0.0250. The second-order valence-electron chi connectivity index (χ2n) is 10.2. The van der Waals surface area contributed by atoms with Crippen LogP contribution in [-0.2, 0) is 9.59 Å². The fraction of sp³-hybridized carbons (Fsp3) is 0.739. The van der Waals surface area contributed by atoms with Crippen LogP contribution >= 0.6 is 0 Å². The van der Waals surface area contributed by atoms with Gasteiger partial charge in [0.05, 0.1) is 5.60 Å². The average molecular weight is 411 g/mol. The second-order valence-corrected chi connectivity index (χ2v) is 10.2. The van der Waals surface area contributed by atoms with Crippen molar-refractivity contribution < 1.29 is 71.2 Å². The molecule has 1 N–H and O–H groups in total. The number of rotatable bonds is 3. The van der Waals surface area contributed by atoms with Gasteiger partial charge in [0, 0.05) is 17.8 Å². The monoisotopic (exact) mass is 410 g/mol. The topological polar surface area (TPSA) is 77.4 Å². The molecule has 2 saturated carbocycles. The minimum Gasteiger partial charge on any atom is -0.550 e. The van der Waals surface area contributed by atoms with Crippen LogP contribution in [0.2, 0.25) is 0 Å². The van der Waals surface area contributed by atoms with Gasteiger partial charge in [-0.15, -0.1) is 0 Å². The van der Waals surface area contributed by atoms with E-state index in [1.165, 1.54) is 5.57 Å². The van der Waals surface area contributed by atoms with Gasteiger partial charge in [-0.05, 0) is 79.3 Å². The van der Waals surface area contributed by atoms with Crippen molar-refractivity contribution in [1.82, 2.24) is 0 Å². The summed E-state index contributed by atoms with van der Waals surface area (Å²) in [6.07, 6.45) is 11.5. The number of carbonyl (C=O) groups excluding carboxylic acids is 2. The first-order valence-corrected chi connectivity index (χ1v) is 10.4. The van der Waals surface area contributed by atoms with Crippen LogP contribution in [0.15, 0.2) is 23.8 Å². The Morgan fingerprint density at radius 1 is 1.21 bits per heavy atom. The maximum absolute atomic E-state index is 11.9. The molecule has 0 aromatic rings. The van der Waals surface area contributed by atoms with E-state index in [0.717, 1.165) is 25.7 Å². The van der Waals surface area contributed by atoms with Crippen LogP contribution in [0.1, 0.15) is 72.1 Å². The Morgan fingerprint density at radius 2 is 1.93 bits per heavy atom. The molecular formula is C23H31KO4. The standard InChI is InChI=1S/C23H32O4.K/c1-20-9-6-16(24)14-15(20)4-5-18-17(20)7-10-22(3)21(18,2)12-13-23(22,27)11-8-19(25)26;/h4-5,14,17-18,27H,6-13H2,1-3H3,(H,25,26);/q;+1/p-1/t17-,18+,20-,21-,22-,23-;/m0./s1. The molecule has 0 spiro atoms. The van der Waals surface area contributed by atoms with Crippen molar-refractivity contribution >= 4 is 11.8 Å². The molecular weight excluding hydrogens is 379 g/mol. The predicted octanol–water partition coefficient (Wildman–Crippen LogP) is -0.0504. The largest absolute Gasteiger partial charge is 1.00 e. The van der Waals surface area contributed by atoms with Crippen LogP contribution in [0.5, 0.6) is 0 Å². The first kappa shape index (κ1) is 22.9. The number of hydrogen-bond donors (Lipinski definition) is 1. The smallest absolute Gasteiger partial charge is 0.550 e. The van der Waals surface area contributed by atoms with E-state index in [9.17, 15) is 19.8 Å². The Hall–Kier alpha value is 0.216. The van der Waals surface area contributed by atoms with Gasteiger partial charge in [-0.1, -0.05) is 32.9 Å². The maximum atomic E-state index is 11.9. The van der Waals surface area contributed by atoms with E-state index in [1.807, 2.05) is 6.08 Å². The van der Waals surface area contributed by atoms with Crippen molar-refractivity contribution in [3.63, 3.8) is 0 Å². The van der Waals surface area contributed by atoms with Gasteiger partial charge >= 0.3 is 51.4 Å². The zero-order valence-electron chi connectivity index (χ0n) is 17.7. The van der Waals surface area contributed by atoms with Gasteiger partial charge in [0.1, 0.15) is 0 Å². The van der Waals surface area contributed by atoms with Gasteiger partial charge in [-0.25, -0.2) is 0 Å². The number of aliphatic carboxylic acids is 1. The average Bonchev–Trinajstić information content (AvgIpc) is 2.82. The van der Waals surface area contributed by atoms with Gasteiger partial charge < -0.3 is 15.0 Å². The summed E-state index contributed by atoms with van der Waals surface area (Å²) in [6, 6.07) is 0. The zero-order chi connectivity index (χ0) is 19.7. The fourth-order valence-corrected chi connectivity index (χ4v) is 7.22. The van der Waals surface area contributed by atoms with E-state index in [0.29, 0.717) is 24.7 Å². The summed E-state index contributed by atoms with van der Waals surface area (Å²) in [6.45, 7) is 6.80. The minimum absolute atomic E-state index is 0. The number of carboxylic acids is 1. The fourth-order valence-electron chi connectivity index (χ4n) is 7.22. The molecule has 4 aliphatic carbocycles. The van der Waals surface area contributed by atoms with E-state index >= 15 is 0 Å². The molecule has 4 rings (SSSR count).